The standard InChI is InChI=1S/C22H27N3O4S/c1-4-25(15(2)3)17-11-9-16(10-12-17)24-21(27)13-29-22(28)18-7-5-6-8-19(18)30-14-20(23)26/h5-12,15H,4,13-14H2,1-3H3,(H2,23,26)(H,24,27). The molecule has 0 spiro atoms. The number of esters is 1. The predicted octanol–water partition coefficient (Wildman–Crippen LogP) is 3.29. The van der Waals surface area contributed by atoms with Crippen LogP contribution in [0.25, 0.3) is 0 Å². The minimum absolute atomic E-state index is 0.0487. The van der Waals surface area contributed by atoms with E-state index < -0.39 is 24.4 Å². The van der Waals surface area contributed by atoms with E-state index in [0.717, 1.165) is 24.0 Å². The normalized spacial score (nSPS) is 10.5. The zero-order chi connectivity index (χ0) is 22.1. The maximum absolute atomic E-state index is 12.3. The van der Waals surface area contributed by atoms with Crippen LogP contribution in [0.1, 0.15) is 31.1 Å². The summed E-state index contributed by atoms with van der Waals surface area (Å²) >= 11 is 1.15. The Morgan fingerprint density at radius 1 is 1.10 bits per heavy atom. The van der Waals surface area contributed by atoms with Gasteiger partial charge in [-0.2, -0.15) is 0 Å². The molecule has 0 unspecified atom stereocenters. The molecule has 7 nitrogen and oxygen atoms in total. The summed E-state index contributed by atoms with van der Waals surface area (Å²) in [4.78, 5) is 38.3. The first kappa shape index (κ1) is 23.3. The number of primary amides is 1. The first-order valence-corrected chi connectivity index (χ1v) is 10.6. The maximum Gasteiger partial charge on any atom is 0.339 e. The SMILES string of the molecule is CCN(c1ccc(NC(=O)COC(=O)c2ccccc2SCC(N)=O)cc1)C(C)C. The van der Waals surface area contributed by atoms with Crippen LogP contribution in [-0.2, 0) is 14.3 Å². The fourth-order valence-electron chi connectivity index (χ4n) is 2.90. The van der Waals surface area contributed by atoms with Gasteiger partial charge in [0.25, 0.3) is 5.91 Å². The van der Waals surface area contributed by atoms with Crippen molar-refractivity contribution in [3.8, 4) is 0 Å². The molecule has 2 aromatic rings. The lowest BCUT2D eigenvalue weighted by Gasteiger charge is -2.27. The molecule has 0 heterocycles. The molecule has 0 aliphatic heterocycles. The molecule has 3 N–H and O–H groups in total. The van der Waals surface area contributed by atoms with Crippen LogP contribution in [0.2, 0.25) is 0 Å². The molecule has 2 aromatic carbocycles. The fourth-order valence-corrected chi connectivity index (χ4v) is 3.68. The molecule has 0 aromatic heterocycles. The summed E-state index contributed by atoms with van der Waals surface area (Å²) in [5.41, 5.74) is 7.13. The molecule has 0 aliphatic rings. The average Bonchev–Trinajstić information content (AvgIpc) is 2.72. The number of amides is 2. The van der Waals surface area contributed by atoms with E-state index in [1.54, 1.807) is 24.3 Å². The van der Waals surface area contributed by atoms with Gasteiger partial charge in [0.05, 0.1) is 11.3 Å². The number of hydrogen-bond donors (Lipinski definition) is 2. The van der Waals surface area contributed by atoms with Crippen molar-refractivity contribution in [1.29, 1.82) is 0 Å². The third-order valence-corrected chi connectivity index (χ3v) is 5.35. The van der Waals surface area contributed by atoms with Crippen molar-refractivity contribution >= 4 is 40.9 Å². The van der Waals surface area contributed by atoms with Gasteiger partial charge in [0.1, 0.15) is 0 Å². The van der Waals surface area contributed by atoms with Crippen molar-refractivity contribution in [3.63, 3.8) is 0 Å². The topological polar surface area (TPSA) is 102 Å². The highest BCUT2D eigenvalue weighted by molar-refractivity contribution is 8.00. The van der Waals surface area contributed by atoms with E-state index in [-0.39, 0.29) is 11.3 Å². The number of ether oxygens (including phenoxy) is 1. The molecule has 30 heavy (non-hydrogen) atoms. The third-order valence-electron chi connectivity index (χ3n) is 4.26. The van der Waals surface area contributed by atoms with Gasteiger partial charge in [-0.15, -0.1) is 11.8 Å². The predicted molar refractivity (Wildman–Crippen MR) is 120 cm³/mol. The summed E-state index contributed by atoms with van der Waals surface area (Å²) in [6, 6.07) is 14.6. The molecule has 0 fully saturated rings. The number of nitrogens with zero attached hydrogens (tertiary/aromatic N) is 1. The zero-order valence-corrected chi connectivity index (χ0v) is 18.2. The Bertz CT molecular complexity index is 884. The van der Waals surface area contributed by atoms with Crippen LogP contribution in [0.15, 0.2) is 53.4 Å². The number of thioether (sulfide) groups is 1. The molecule has 160 valence electrons. The number of anilines is 2. The number of hydrogen-bond acceptors (Lipinski definition) is 6. The van der Waals surface area contributed by atoms with Crippen molar-refractivity contribution in [1.82, 2.24) is 0 Å². The number of benzene rings is 2. The highest BCUT2D eigenvalue weighted by atomic mass is 32.2. The molecule has 0 atom stereocenters. The van der Waals surface area contributed by atoms with Gasteiger partial charge in [0.15, 0.2) is 6.61 Å². The van der Waals surface area contributed by atoms with Crippen molar-refractivity contribution in [2.75, 3.05) is 29.1 Å². The molecule has 0 radical (unpaired) electrons. The Morgan fingerprint density at radius 2 is 1.77 bits per heavy atom. The van der Waals surface area contributed by atoms with Gasteiger partial charge >= 0.3 is 5.97 Å². The van der Waals surface area contributed by atoms with Gasteiger partial charge in [-0.1, -0.05) is 12.1 Å². The van der Waals surface area contributed by atoms with Crippen molar-refractivity contribution in [3.05, 3.63) is 54.1 Å². The number of rotatable bonds is 10. The lowest BCUT2D eigenvalue weighted by atomic mass is 10.2. The van der Waals surface area contributed by atoms with Gasteiger partial charge in [0, 0.05) is 28.9 Å². The second-order valence-corrected chi connectivity index (χ2v) is 7.82. The molecule has 0 bridgehead atoms. The Kier molecular flexibility index (Phi) is 8.73. The van der Waals surface area contributed by atoms with Gasteiger partial charge in [-0.3, -0.25) is 9.59 Å². The first-order valence-electron chi connectivity index (χ1n) is 9.65. The van der Waals surface area contributed by atoms with Gasteiger partial charge in [-0.25, -0.2) is 4.79 Å². The van der Waals surface area contributed by atoms with Crippen LogP contribution in [-0.4, -0.2) is 42.7 Å². The third kappa shape index (κ3) is 6.81. The van der Waals surface area contributed by atoms with Crippen molar-refractivity contribution in [2.24, 2.45) is 5.73 Å². The lowest BCUT2D eigenvalue weighted by Crippen LogP contribution is -2.30. The molecular weight excluding hydrogens is 402 g/mol. The largest absolute Gasteiger partial charge is 0.452 e. The molecule has 2 rings (SSSR count). The van der Waals surface area contributed by atoms with Crippen LogP contribution in [0.5, 0.6) is 0 Å². The monoisotopic (exact) mass is 429 g/mol. The summed E-state index contributed by atoms with van der Waals surface area (Å²) in [5.74, 6) is -1.50. The van der Waals surface area contributed by atoms with Crippen LogP contribution < -0.4 is 16.0 Å². The quantitative estimate of drug-likeness (QED) is 0.444. The lowest BCUT2D eigenvalue weighted by molar-refractivity contribution is -0.119. The maximum atomic E-state index is 12.3. The molecule has 0 aliphatic carbocycles. The van der Waals surface area contributed by atoms with E-state index in [1.807, 2.05) is 24.3 Å². The van der Waals surface area contributed by atoms with Gasteiger partial charge in [0.2, 0.25) is 5.91 Å². The van der Waals surface area contributed by atoms with E-state index in [9.17, 15) is 14.4 Å². The Labute approximate surface area is 181 Å². The van der Waals surface area contributed by atoms with Gasteiger partial charge < -0.3 is 20.7 Å². The van der Waals surface area contributed by atoms with Crippen LogP contribution in [0, 0.1) is 0 Å². The Morgan fingerprint density at radius 3 is 2.37 bits per heavy atom. The minimum Gasteiger partial charge on any atom is -0.452 e. The first-order chi connectivity index (χ1) is 14.3. The van der Waals surface area contributed by atoms with E-state index in [2.05, 4.69) is 31.0 Å². The number of carbonyl (C=O) groups is 3. The highest BCUT2D eigenvalue weighted by Crippen LogP contribution is 2.23. The zero-order valence-electron chi connectivity index (χ0n) is 17.4. The van der Waals surface area contributed by atoms with E-state index >= 15 is 0 Å². The smallest absolute Gasteiger partial charge is 0.339 e. The van der Waals surface area contributed by atoms with Crippen molar-refractivity contribution < 1.29 is 19.1 Å². The summed E-state index contributed by atoms with van der Waals surface area (Å²) in [6.07, 6.45) is 0. The van der Waals surface area contributed by atoms with Crippen LogP contribution >= 0.6 is 11.8 Å². The van der Waals surface area contributed by atoms with E-state index in [1.165, 1.54) is 0 Å². The second-order valence-electron chi connectivity index (χ2n) is 6.80. The van der Waals surface area contributed by atoms with Crippen LogP contribution in [0.3, 0.4) is 0 Å². The molecule has 0 saturated heterocycles. The van der Waals surface area contributed by atoms with E-state index in [0.29, 0.717) is 16.6 Å². The Hall–Kier alpha value is -3.00. The molecule has 8 heteroatoms. The highest BCUT2D eigenvalue weighted by Gasteiger charge is 2.15. The summed E-state index contributed by atoms with van der Waals surface area (Å²) in [6.45, 7) is 6.81. The minimum atomic E-state index is -0.636. The van der Waals surface area contributed by atoms with Gasteiger partial charge in [-0.05, 0) is 57.2 Å². The van der Waals surface area contributed by atoms with E-state index in [4.69, 9.17) is 10.5 Å². The summed E-state index contributed by atoms with van der Waals surface area (Å²) in [7, 11) is 0. The molecular formula is C22H27N3O4S. The summed E-state index contributed by atoms with van der Waals surface area (Å²) in [5, 5.41) is 2.72. The summed E-state index contributed by atoms with van der Waals surface area (Å²) < 4.78 is 5.13. The number of carbonyl (C=O) groups excluding carboxylic acids is 3. The average molecular weight is 430 g/mol. The Balaban J connectivity index is 1.92. The number of nitrogens with two attached hydrogens (primary N) is 1. The van der Waals surface area contributed by atoms with Crippen LogP contribution in [0.4, 0.5) is 11.4 Å². The van der Waals surface area contributed by atoms with Crippen molar-refractivity contribution in [2.45, 2.75) is 31.7 Å². The molecule has 0 saturated carbocycles. The number of nitrogens with one attached hydrogen (secondary N) is 1. The molecule has 2 amide bonds. The second kappa shape index (κ2) is 11.3. The fraction of sp³-hybridized carbons (Fsp3) is 0.318.